The van der Waals surface area contributed by atoms with Gasteiger partial charge in [0.1, 0.15) is 17.9 Å². The summed E-state index contributed by atoms with van der Waals surface area (Å²) in [7, 11) is -4.81. The van der Waals surface area contributed by atoms with E-state index in [1.807, 2.05) is 0 Å². The zero-order valence-electron chi connectivity index (χ0n) is 17.8. The van der Waals surface area contributed by atoms with Crippen LogP contribution in [0, 0.1) is 0 Å². The van der Waals surface area contributed by atoms with Crippen LogP contribution in [-0.4, -0.2) is 73.7 Å². The first-order chi connectivity index (χ1) is 15.3. The molecule has 7 N–H and O–H groups in total. The van der Waals surface area contributed by atoms with Crippen molar-refractivity contribution in [2.75, 3.05) is 12.3 Å². The molecule has 3 heterocycles. The predicted octanol–water partition coefficient (Wildman–Crippen LogP) is -0.266. The minimum Gasteiger partial charge on any atom is -0.456 e. The Morgan fingerprint density at radius 2 is 1.79 bits per heavy atom. The average Bonchev–Trinajstić information content (AvgIpc) is 3.21. The van der Waals surface area contributed by atoms with Crippen molar-refractivity contribution in [3.05, 3.63) is 12.7 Å². The summed E-state index contributed by atoms with van der Waals surface area (Å²) in [4.78, 5) is 53.1. The lowest BCUT2D eigenvalue weighted by atomic mass is 10.1. The number of phosphoric acid groups is 1. The minimum absolute atomic E-state index is 0. The third-order valence-corrected chi connectivity index (χ3v) is 6.46. The van der Waals surface area contributed by atoms with E-state index in [0.717, 1.165) is 13.8 Å². The van der Waals surface area contributed by atoms with Gasteiger partial charge in [-0.3, -0.25) is 18.7 Å². The van der Waals surface area contributed by atoms with Crippen LogP contribution in [0.2, 0.25) is 0 Å². The van der Waals surface area contributed by atoms with Crippen LogP contribution in [0.3, 0.4) is 0 Å². The first kappa shape index (κ1) is 27.8. The van der Waals surface area contributed by atoms with Crippen molar-refractivity contribution in [1.82, 2.24) is 25.7 Å². The SMILES string of the molecule is N.[B]P(=O)(OC[C@H]1O[C@@H](n2cnc3c(N)ncnc32)[C@H](OC(C)=O)[C@@H]1OC(C)=O)OP(=O)(O)O. The Morgan fingerprint density at radius 1 is 1.18 bits per heavy atom. The normalized spacial score (nSPS) is 24.2. The number of nitrogen functional groups attached to an aromatic ring is 1. The van der Waals surface area contributed by atoms with E-state index in [-0.39, 0.29) is 23.1 Å². The molecule has 0 saturated carbocycles. The van der Waals surface area contributed by atoms with Crippen LogP contribution in [0.15, 0.2) is 12.7 Å². The van der Waals surface area contributed by atoms with E-state index in [1.165, 1.54) is 17.2 Å². The quantitative estimate of drug-likeness (QED) is 0.198. The van der Waals surface area contributed by atoms with Crippen LogP contribution >= 0.6 is 15.3 Å². The Bertz CT molecular complexity index is 1160. The molecule has 1 unspecified atom stereocenters. The van der Waals surface area contributed by atoms with Gasteiger partial charge in [0.05, 0.1) is 12.9 Å². The van der Waals surface area contributed by atoms with Crippen LogP contribution < -0.4 is 11.9 Å². The van der Waals surface area contributed by atoms with Gasteiger partial charge in [-0.05, 0) is 0 Å². The number of hydrogen-bond donors (Lipinski definition) is 4. The van der Waals surface area contributed by atoms with Crippen molar-refractivity contribution >= 4 is 51.8 Å². The largest absolute Gasteiger partial charge is 0.476 e. The second-order valence-corrected chi connectivity index (χ2v) is 9.68. The van der Waals surface area contributed by atoms with Crippen LogP contribution in [0.5, 0.6) is 0 Å². The molecule has 34 heavy (non-hydrogen) atoms. The number of ether oxygens (including phenoxy) is 3. The number of hydrogen-bond acceptors (Lipinski definition) is 14. The highest BCUT2D eigenvalue weighted by molar-refractivity contribution is 7.83. The first-order valence-electron chi connectivity index (χ1n) is 9.00. The fourth-order valence-electron chi connectivity index (χ4n) is 3.12. The van der Waals surface area contributed by atoms with Gasteiger partial charge in [-0.2, -0.15) is 0 Å². The number of fused-ring (bicyclic) bond motifs is 1. The van der Waals surface area contributed by atoms with Crippen molar-refractivity contribution in [2.24, 2.45) is 0 Å². The molecule has 186 valence electrons. The predicted molar refractivity (Wildman–Crippen MR) is 112 cm³/mol. The summed E-state index contributed by atoms with van der Waals surface area (Å²) < 4.78 is 49.4. The molecule has 1 aliphatic rings. The maximum atomic E-state index is 12.0. The number of anilines is 1. The number of carbonyl (C=O) groups is 2. The molecule has 2 aromatic rings. The molecule has 0 spiro atoms. The molecule has 1 fully saturated rings. The Morgan fingerprint density at radius 3 is 2.38 bits per heavy atom. The molecule has 2 radical (unpaired) electrons. The van der Waals surface area contributed by atoms with E-state index in [4.69, 9.17) is 41.8 Å². The topological polar surface area (TPSA) is 260 Å². The van der Waals surface area contributed by atoms with E-state index in [1.54, 1.807) is 0 Å². The highest BCUT2D eigenvalue weighted by atomic mass is 31.3. The Balaban J connectivity index is 0.00000408. The molecule has 17 nitrogen and oxygen atoms in total. The Kier molecular flexibility index (Phi) is 8.55. The van der Waals surface area contributed by atoms with Gasteiger partial charge in [0, 0.05) is 13.8 Å². The molecule has 0 aromatic carbocycles. The lowest BCUT2D eigenvalue weighted by molar-refractivity contribution is -0.165. The van der Waals surface area contributed by atoms with Crippen molar-refractivity contribution in [3.8, 4) is 0 Å². The van der Waals surface area contributed by atoms with Gasteiger partial charge in [0.25, 0.3) is 7.47 Å². The van der Waals surface area contributed by atoms with E-state index in [0.29, 0.717) is 0 Å². The molecule has 20 heteroatoms. The first-order valence-corrected chi connectivity index (χ1v) is 12.1. The summed E-state index contributed by atoms with van der Waals surface area (Å²) in [6.45, 7) is 1.46. The fraction of sp³-hybridized carbons (Fsp3) is 0.500. The van der Waals surface area contributed by atoms with E-state index < -0.39 is 58.4 Å². The van der Waals surface area contributed by atoms with Crippen LogP contribution in [0.1, 0.15) is 20.1 Å². The van der Waals surface area contributed by atoms with Crippen molar-refractivity contribution in [3.63, 3.8) is 0 Å². The molecule has 5 atom stereocenters. The van der Waals surface area contributed by atoms with Gasteiger partial charge >= 0.3 is 19.8 Å². The lowest BCUT2D eigenvalue weighted by Gasteiger charge is -2.24. The Labute approximate surface area is 193 Å². The molecule has 0 amide bonds. The molecule has 0 aliphatic carbocycles. The standard InChI is InChI=1S/C14H18BN5O11P2.H3N/c1-6(21)28-10-8(3-27-32(15,23)31-33(24,25)26)30-14(11(10)29-7(2)22)20-5-19-9-12(16)17-4-18-13(9)20;/h4-5,8,10-11,14H,3H2,1-2H3,(H2,16,17,18)(H2,24,25,26);1H3/t8-,10-,11-,14-,32?;/m1./s1. The molecule has 1 saturated heterocycles. The van der Waals surface area contributed by atoms with Crippen molar-refractivity contribution in [2.45, 2.75) is 38.4 Å². The van der Waals surface area contributed by atoms with Gasteiger partial charge in [-0.1, -0.05) is 0 Å². The second kappa shape index (κ2) is 10.5. The molecular formula is C14H21BN6O11P2. The number of rotatable bonds is 8. The van der Waals surface area contributed by atoms with Gasteiger partial charge < -0.3 is 40.4 Å². The molecule has 1 aliphatic heterocycles. The zero-order chi connectivity index (χ0) is 24.6. The summed E-state index contributed by atoms with van der Waals surface area (Å²) in [6, 6.07) is 0. The maximum Gasteiger partial charge on any atom is 0.476 e. The number of esters is 2. The van der Waals surface area contributed by atoms with Gasteiger partial charge in [0.2, 0.25) is 7.57 Å². The van der Waals surface area contributed by atoms with Gasteiger partial charge in [-0.25, -0.2) is 23.8 Å². The third-order valence-electron chi connectivity index (χ3n) is 4.19. The number of nitrogens with zero attached hydrogens (tertiary/aromatic N) is 4. The third kappa shape index (κ3) is 6.58. The second-order valence-electron chi connectivity index (χ2n) is 6.70. The summed E-state index contributed by atoms with van der Waals surface area (Å²) in [6.07, 6.45) is -2.62. The summed E-state index contributed by atoms with van der Waals surface area (Å²) in [5, 5.41) is 0. The van der Waals surface area contributed by atoms with Gasteiger partial charge in [0.15, 0.2) is 29.9 Å². The summed E-state index contributed by atoms with van der Waals surface area (Å²) >= 11 is 0. The number of carbonyl (C=O) groups excluding carboxylic acids is 2. The summed E-state index contributed by atoms with van der Waals surface area (Å²) in [5.41, 5.74) is 6.20. The molecule has 2 aromatic heterocycles. The monoisotopic (exact) mass is 522 g/mol. The maximum absolute atomic E-state index is 12.0. The molecular weight excluding hydrogens is 501 g/mol. The van der Waals surface area contributed by atoms with E-state index >= 15 is 0 Å². The van der Waals surface area contributed by atoms with Crippen LogP contribution in [0.25, 0.3) is 11.2 Å². The van der Waals surface area contributed by atoms with Gasteiger partial charge in [-0.15, -0.1) is 0 Å². The van der Waals surface area contributed by atoms with Crippen molar-refractivity contribution in [1.29, 1.82) is 0 Å². The van der Waals surface area contributed by atoms with Crippen molar-refractivity contribution < 1.29 is 51.6 Å². The lowest BCUT2D eigenvalue weighted by Crippen LogP contribution is -2.40. The fourth-order valence-corrected chi connectivity index (χ4v) is 4.85. The van der Waals surface area contributed by atoms with E-state index in [2.05, 4.69) is 19.3 Å². The highest BCUT2D eigenvalue weighted by Crippen LogP contribution is 2.57. The Hall–Kier alpha value is -2.43. The number of nitrogens with two attached hydrogens (primary N) is 1. The molecule has 0 bridgehead atoms. The molecule has 3 rings (SSSR count). The van der Waals surface area contributed by atoms with Crippen LogP contribution in [-0.2, 0) is 41.8 Å². The van der Waals surface area contributed by atoms with Crippen LogP contribution in [0.4, 0.5) is 5.82 Å². The average molecular weight is 522 g/mol. The summed E-state index contributed by atoms with van der Waals surface area (Å²) in [5.74, 6) is -1.47. The minimum atomic E-state index is -5.25. The smallest absolute Gasteiger partial charge is 0.456 e. The number of aromatic nitrogens is 4. The zero-order valence-corrected chi connectivity index (χ0v) is 19.6. The highest BCUT2D eigenvalue weighted by Gasteiger charge is 2.51. The van der Waals surface area contributed by atoms with E-state index in [9.17, 15) is 18.7 Å². The number of imidazole rings is 1.